The molecular weight excluding hydrogens is 253 g/mol. The smallest absolute Gasteiger partial charge is 0.0642 e. The van der Waals surface area contributed by atoms with Crippen LogP contribution in [0.1, 0.15) is 38.7 Å². The Morgan fingerprint density at radius 2 is 1.76 bits per heavy atom. The molecule has 0 amide bonds. The number of rotatable bonds is 1. The minimum Gasteiger partial charge on any atom is -0.321 e. The van der Waals surface area contributed by atoms with Crippen molar-refractivity contribution in [2.75, 3.05) is 0 Å². The first-order valence-electron chi connectivity index (χ1n) is 6.16. The lowest BCUT2D eigenvalue weighted by Crippen LogP contribution is -2.43. The van der Waals surface area contributed by atoms with E-state index in [0.717, 1.165) is 18.4 Å². The molecule has 0 radical (unpaired) electrons. The molecule has 0 spiro atoms. The molecule has 17 heavy (non-hydrogen) atoms. The zero-order valence-electron chi connectivity index (χ0n) is 10.3. The Balaban J connectivity index is 2.40. The molecule has 0 aliphatic heterocycles. The molecule has 0 saturated heterocycles. The fourth-order valence-corrected chi connectivity index (χ4v) is 3.78. The SMILES string of the molecule is CC1CC(C)CC(N)(c2cccc(Cl)c2Cl)C1. The normalized spacial score (nSPS) is 33.7. The topological polar surface area (TPSA) is 26.0 Å². The molecule has 1 fully saturated rings. The molecule has 1 nitrogen and oxygen atoms in total. The van der Waals surface area contributed by atoms with E-state index in [4.69, 9.17) is 28.9 Å². The molecule has 0 heterocycles. The standard InChI is InChI=1S/C14H19Cl2N/c1-9-6-10(2)8-14(17,7-9)11-4-3-5-12(15)13(11)16/h3-5,9-10H,6-8,17H2,1-2H3. The highest BCUT2D eigenvalue weighted by atomic mass is 35.5. The van der Waals surface area contributed by atoms with Gasteiger partial charge in [0.25, 0.3) is 0 Å². The van der Waals surface area contributed by atoms with Gasteiger partial charge < -0.3 is 5.73 Å². The van der Waals surface area contributed by atoms with Crippen LogP contribution in [0.2, 0.25) is 10.0 Å². The summed E-state index contributed by atoms with van der Waals surface area (Å²) >= 11 is 12.4. The summed E-state index contributed by atoms with van der Waals surface area (Å²) in [5, 5.41) is 1.22. The van der Waals surface area contributed by atoms with Gasteiger partial charge in [-0.3, -0.25) is 0 Å². The number of halogens is 2. The Kier molecular flexibility index (Phi) is 3.72. The van der Waals surface area contributed by atoms with Crippen molar-refractivity contribution >= 4 is 23.2 Å². The molecule has 3 heteroatoms. The third-order valence-corrected chi connectivity index (χ3v) is 4.54. The molecule has 0 bridgehead atoms. The maximum absolute atomic E-state index is 6.59. The van der Waals surface area contributed by atoms with Gasteiger partial charge in [-0.1, -0.05) is 49.2 Å². The van der Waals surface area contributed by atoms with E-state index in [1.54, 1.807) is 0 Å². The zero-order chi connectivity index (χ0) is 12.6. The monoisotopic (exact) mass is 271 g/mol. The van der Waals surface area contributed by atoms with Crippen LogP contribution in [0, 0.1) is 11.8 Å². The van der Waals surface area contributed by atoms with Crippen molar-refractivity contribution in [3.05, 3.63) is 33.8 Å². The quantitative estimate of drug-likeness (QED) is 0.794. The third-order valence-electron chi connectivity index (χ3n) is 3.72. The van der Waals surface area contributed by atoms with Gasteiger partial charge in [0.15, 0.2) is 0 Å². The molecule has 2 atom stereocenters. The van der Waals surface area contributed by atoms with Crippen molar-refractivity contribution in [3.63, 3.8) is 0 Å². The van der Waals surface area contributed by atoms with Crippen LogP contribution >= 0.6 is 23.2 Å². The Bertz CT molecular complexity index is 407. The van der Waals surface area contributed by atoms with E-state index in [2.05, 4.69) is 13.8 Å². The minimum absolute atomic E-state index is 0.320. The molecule has 1 aliphatic carbocycles. The molecule has 2 N–H and O–H groups in total. The molecule has 94 valence electrons. The lowest BCUT2D eigenvalue weighted by molar-refractivity contribution is 0.184. The van der Waals surface area contributed by atoms with Crippen LogP contribution in [0.5, 0.6) is 0 Å². The van der Waals surface area contributed by atoms with Crippen LogP contribution in [0.15, 0.2) is 18.2 Å². The predicted molar refractivity (Wildman–Crippen MR) is 74.5 cm³/mol. The van der Waals surface area contributed by atoms with E-state index >= 15 is 0 Å². The Morgan fingerprint density at radius 3 is 2.35 bits per heavy atom. The van der Waals surface area contributed by atoms with Gasteiger partial charge >= 0.3 is 0 Å². The van der Waals surface area contributed by atoms with E-state index in [-0.39, 0.29) is 5.54 Å². The highest BCUT2D eigenvalue weighted by molar-refractivity contribution is 6.42. The van der Waals surface area contributed by atoms with Crippen LogP contribution in [-0.4, -0.2) is 0 Å². The lowest BCUT2D eigenvalue weighted by Gasteiger charge is -2.41. The second kappa shape index (κ2) is 4.79. The summed E-state index contributed by atoms with van der Waals surface area (Å²) in [5.74, 6) is 1.28. The van der Waals surface area contributed by atoms with Crippen molar-refractivity contribution in [2.45, 2.75) is 38.6 Å². The molecule has 1 aromatic rings. The second-order valence-electron chi connectivity index (χ2n) is 5.61. The van der Waals surface area contributed by atoms with Crippen LogP contribution in [0.3, 0.4) is 0 Å². The van der Waals surface area contributed by atoms with Gasteiger partial charge in [0.05, 0.1) is 10.0 Å². The number of hydrogen-bond acceptors (Lipinski definition) is 1. The fraction of sp³-hybridized carbons (Fsp3) is 0.571. The van der Waals surface area contributed by atoms with Crippen molar-refractivity contribution in [1.29, 1.82) is 0 Å². The Morgan fingerprint density at radius 1 is 1.18 bits per heavy atom. The highest BCUT2D eigenvalue weighted by Crippen LogP contribution is 2.44. The average Bonchev–Trinajstić information content (AvgIpc) is 2.19. The van der Waals surface area contributed by atoms with Gasteiger partial charge in [0.1, 0.15) is 0 Å². The number of benzene rings is 1. The Hall–Kier alpha value is -0.240. The molecule has 1 aromatic carbocycles. The van der Waals surface area contributed by atoms with Crippen molar-refractivity contribution in [3.8, 4) is 0 Å². The molecule has 2 unspecified atom stereocenters. The number of nitrogens with two attached hydrogens (primary N) is 1. The summed E-state index contributed by atoms with van der Waals surface area (Å²) in [4.78, 5) is 0. The predicted octanol–water partition coefficient (Wildman–Crippen LogP) is 4.60. The van der Waals surface area contributed by atoms with Crippen LogP contribution in [0.4, 0.5) is 0 Å². The summed E-state index contributed by atoms with van der Waals surface area (Å²) in [7, 11) is 0. The van der Waals surface area contributed by atoms with Crippen LogP contribution in [0.25, 0.3) is 0 Å². The molecule has 2 rings (SSSR count). The maximum atomic E-state index is 6.59. The van der Waals surface area contributed by atoms with Gasteiger partial charge in [-0.15, -0.1) is 0 Å². The Labute approximate surface area is 113 Å². The molecule has 1 aliphatic rings. The third kappa shape index (κ3) is 2.62. The first-order valence-corrected chi connectivity index (χ1v) is 6.91. The summed E-state index contributed by atoms with van der Waals surface area (Å²) in [6.45, 7) is 4.52. The van der Waals surface area contributed by atoms with Gasteiger partial charge in [-0.05, 0) is 42.7 Å². The highest BCUT2D eigenvalue weighted by Gasteiger charge is 2.37. The molecule has 0 aromatic heterocycles. The van der Waals surface area contributed by atoms with E-state index in [0.29, 0.717) is 21.9 Å². The molecule has 1 saturated carbocycles. The lowest BCUT2D eigenvalue weighted by atomic mass is 9.69. The minimum atomic E-state index is -0.320. The largest absolute Gasteiger partial charge is 0.321 e. The average molecular weight is 272 g/mol. The number of hydrogen-bond donors (Lipinski definition) is 1. The summed E-state index contributed by atoms with van der Waals surface area (Å²) in [6, 6.07) is 5.76. The van der Waals surface area contributed by atoms with Crippen LogP contribution in [-0.2, 0) is 5.54 Å². The van der Waals surface area contributed by atoms with E-state index in [1.165, 1.54) is 6.42 Å². The second-order valence-corrected chi connectivity index (χ2v) is 6.40. The van der Waals surface area contributed by atoms with E-state index < -0.39 is 0 Å². The van der Waals surface area contributed by atoms with Gasteiger partial charge in [0, 0.05) is 5.54 Å². The first kappa shape index (κ1) is 13.2. The fourth-order valence-electron chi connectivity index (χ4n) is 3.29. The summed E-state index contributed by atoms with van der Waals surface area (Å²) in [6.07, 6.45) is 3.21. The van der Waals surface area contributed by atoms with Crippen molar-refractivity contribution in [1.82, 2.24) is 0 Å². The van der Waals surface area contributed by atoms with Crippen molar-refractivity contribution in [2.24, 2.45) is 17.6 Å². The van der Waals surface area contributed by atoms with E-state index in [1.807, 2.05) is 18.2 Å². The van der Waals surface area contributed by atoms with E-state index in [9.17, 15) is 0 Å². The first-order chi connectivity index (χ1) is 7.92. The van der Waals surface area contributed by atoms with Gasteiger partial charge in [-0.2, -0.15) is 0 Å². The molecular formula is C14H19Cl2N. The van der Waals surface area contributed by atoms with Crippen molar-refractivity contribution < 1.29 is 0 Å². The summed E-state index contributed by atoms with van der Waals surface area (Å²) in [5.41, 5.74) is 7.27. The van der Waals surface area contributed by atoms with Gasteiger partial charge in [-0.25, -0.2) is 0 Å². The zero-order valence-corrected chi connectivity index (χ0v) is 11.9. The van der Waals surface area contributed by atoms with Gasteiger partial charge in [0.2, 0.25) is 0 Å². The summed E-state index contributed by atoms with van der Waals surface area (Å²) < 4.78 is 0. The maximum Gasteiger partial charge on any atom is 0.0642 e. The van der Waals surface area contributed by atoms with Crippen LogP contribution < -0.4 is 5.73 Å².